The summed E-state index contributed by atoms with van der Waals surface area (Å²) in [6.07, 6.45) is 0.879. The number of fused-ring (bicyclic) bond motifs is 3. The van der Waals surface area contributed by atoms with Crippen LogP contribution in [0.2, 0.25) is 0 Å². The largest absolute Gasteiger partial charge is 0.355 e. The van der Waals surface area contributed by atoms with Crippen LogP contribution in [0.15, 0.2) is 66.7 Å². The van der Waals surface area contributed by atoms with Crippen LogP contribution < -0.4 is 5.32 Å². The topological polar surface area (TPSA) is 55.2 Å². The molecule has 0 spiro atoms. The van der Waals surface area contributed by atoms with Crippen molar-refractivity contribution in [1.82, 2.24) is 0 Å². The zero-order valence-electron chi connectivity index (χ0n) is 12.3. The van der Waals surface area contributed by atoms with Gasteiger partial charge in [-0.15, -0.1) is 0 Å². The zero-order valence-corrected chi connectivity index (χ0v) is 12.3. The van der Waals surface area contributed by atoms with Crippen LogP contribution >= 0.6 is 0 Å². The Kier molecular flexibility index (Phi) is 3.08. The van der Waals surface area contributed by atoms with Gasteiger partial charge in [0, 0.05) is 29.9 Å². The smallest absolute Gasteiger partial charge is 0.271 e. The minimum atomic E-state index is -0.379. The number of anilines is 2. The number of nitro benzene ring substituents is 1. The number of nitrogens with zero attached hydrogens (tertiary/aromatic N) is 1. The fourth-order valence-electron chi connectivity index (χ4n) is 3.13. The minimum Gasteiger partial charge on any atom is -0.355 e. The van der Waals surface area contributed by atoms with Gasteiger partial charge in [-0.3, -0.25) is 10.1 Å². The molecule has 0 fully saturated rings. The molecule has 3 aromatic carbocycles. The van der Waals surface area contributed by atoms with E-state index in [1.54, 1.807) is 12.1 Å². The first-order chi connectivity index (χ1) is 11.2. The van der Waals surface area contributed by atoms with E-state index in [1.165, 1.54) is 28.3 Å². The van der Waals surface area contributed by atoms with E-state index < -0.39 is 0 Å². The molecule has 0 bridgehead atoms. The predicted molar refractivity (Wildman–Crippen MR) is 91.1 cm³/mol. The first-order valence-electron chi connectivity index (χ1n) is 7.44. The maximum atomic E-state index is 10.9. The fraction of sp³-hybridized carbons (Fsp3) is 0.0526. The number of nitro groups is 1. The molecule has 23 heavy (non-hydrogen) atoms. The number of non-ortho nitro benzene ring substituents is 1. The van der Waals surface area contributed by atoms with Crippen LogP contribution in [-0.4, -0.2) is 4.92 Å². The van der Waals surface area contributed by atoms with Crippen LogP contribution in [0, 0.1) is 10.1 Å². The molecule has 4 rings (SSSR count). The number of hydrogen-bond donors (Lipinski definition) is 1. The quantitative estimate of drug-likeness (QED) is 0.432. The van der Waals surface area contributed by atoms with E-state index in [0.717, 1.165) is 17.8 Å². The van der Waals surface area contributed by atoms with Gasteiger partial charge in [-0.25, -0.2) is 0 Å². The molecule has 0 amide bonds. The van der Waals surface area contributed by atoms with Gasteiger partial charge in [0.2, 0.25) is 0 Å². The SMILES string of the molecule is O=[N+]([O-])c1cccc(Nc2cccc3c2Cc2ccccc2-3)c1. The lowest BCUT2D eigenvalue weighted by molar-refractivity contribution is -0.384. The maximum absolute atomic E-state index is 10.9. The molecular formula is C19H14N2O2. The number of rotatable bonds is 3. The summed E-state index contributed by atoms with van der Waals surface area (Å²) in [6.45, 7) is 0. The second-order valence-electron chi connectivity index (χ2n) is 5.60. The molecular weight excluding hydrogens is 288 g/mol. The number of hydrogen-bond acceptors (Lipinski definition) is 3. The normalized spacial score (nSPS) is 11.7. The molecule has 0 unspecified atom stereocenters. The van der Waals surface area contributed by atoms with Gasteiger partial charge in [0.1, 0.15) is 0 Å². The van der Waals surface area contributed by atoms with Gasteiger partial charge in [-0.2, -0.15) is 0 Å². The summed E-state index contributed by atoms with van der Waals surface area (Å²) in [5.74, 6) is 0. The second kappa shape index (κ2) is 5.25. The van der Waals surface area contributed by atoms with E-state index in [-0.39, 0.29) is 10.6 Å². The molecule has 0 atom stereocenters. The molecule has 0 aliphatic heterocycles. The van der Waals surface area contributed by atoms with E-state index in [2.05, 4.69) is 35.6 Å². The Labute approximate surface area is 133 Å². The highest BCUT2D eigenvalue weighted by atomic mass is 16.6. The van der Waals surface area contributed by atoms with Crippen molar-refractivity contribution < 1.29 is 4.92 Å². The highest BCUT2D eigenvalue weighted by Crippen LogP contribution is 2.40. The van der Waals surface area contributed by atoms with Gasteiger partial charge in [-0.1, -0.05) is 42.5 Å². The molecule has 4 nitrogen and oxygen atoms in total. The van der Waals surface area contributed by atoms with Crippen molar-refractivity contribution in [3.8, 4) is 11.1 Å². The summed E-state index contributed by atoms with van der Waals surface area (Å²) in [6, 6.07) is 21.1. The third-order valence-electron chi connectivity index (χ3n) is 4.19. The molecule has 1 aliphatic rings. The summed E-state index contributed by atoms with van der Waals surface area (Å²) >= 11 is 0. The van der Waals surface area contributed by atoms with Crippen molar-refractivity contribution in [3.63, 3.8) is 0 Å². The minimum absolute atomic E-state index is 0.0888. The van der Waals surface area contributed by atoms with Gasteiger partial charge < -0.3 is 5.32 Å². The molecule has 3 aromatic rings. The molecule has 0 saturated carbocycles. The fourth-order valence-corrected chi connectivity index (χ4v) is 3.13. The van der Waals surface area contributed by atoms with E-state index in [1.807, 2.05) is 18.2 Å². The van der Waals surface area contributed by atoms with Crippen LogP contribution in [0.3, 0.4) is 0 Å². The van der Waals surface area contributed by atoms with Crippen LogP contribution in [0.5, 0.6) is 0 Å². The Morgan fingerprint density at radius 2 is 1.70 bits per heavy atom. The molecule has 0 radical (unpaired) electrons. The van der Waals surface area contributed by atoms with Crippen molar-refractivity contribution in [2.75, 3.05) is 5.32 Å². The highest BCUT2D eigenvalue weighted by Gasteiger charge is 2.20. The lowest BCUT2D eigenvalue weighted by atomic mass is 10.0. The lowest BCUT2D eigenvalue weighted by Gasteiger charge is -2.11. The van der Waals surface area contributed by atoms with Crippen LogP contribution in [0.4, 0.5) is 17.1 Å². The van der Waals surface area contributed by atoms with E-state index >= 15 is 0 Å². The van der Waals surface area contributed by atoms with Gasteiger partial charge in [-0.05, 0) is 34.4 Å². The summed E-state index contributed by atoms with van der Waals surface area (Å²) in [4.78, 5) is 10.5. The lowest BCUT2D eigenvalue weighted by Crippen LogP contribution is -1.96. The molecule has 1 N–H and O–H groups in total. The predicted octanol–water partition coefficient (Wildman–Crippen LogP) is 4.91. The Morgan fingerprint density at radius 1 is 0.913 bits per heavy atom. The third-order valence-corrected chi connectivity index (χ3v) is 4.19. The van der Waals surface area contributed by atoms with Crippen molar-refractivity contribution in [2.45, 2.75) is 6.42 Å². The van der Waals surface area contributed by atoms with E-state index in [4.69, 9.17) is 0 Å². The van der Waals surface area contributed by atoms with Crippen LogP contribution in [0.25, 0.3) is 11.1 Å². The van der Waals surface area contributed by atoms with Gasteiger partial charge in [0.05, 0.1) is 4.92 Å². The highest BCUT2D eigenvalue weighted by molar-refractivity contribution is 5.83. The molecule has 0 aromatic heterocycles. The van der Waals surface area contributed by atoms with E-state index in [9.17, 15) is 10.1 Å². The van der Waals surface area contributed by atoms with Gasteiger partial charge in [0.15, 0.2) is 0 Å². The Balaban J connectivity index is 1.72. The Bertz CT molecular complexity index is 919. The van der Waals surface area contributed by atoms with E-state index in [0.29, 0.717) is 0 Å². The van der Waals surface area contributed by atoms with Crippen molar-refractivity contribution in [1.29, 1.82) is 0 Å². The van der Waals surface area contributed by atoms with Crippen molar-refractivity contribution in [3.05, 3.63) is 88.0 Å². The summed E-state index contributed by atoms with van der Waals surface area (Å²) in [5, 5.41) is 14.2. The Hall–Kier alpha value is -3.14. The summed E-state index contributed by atoms with van der Waals surface area (Å²) in [7, 11) is 0. The first kappa shape index (κ1) is 13.5. The monoisotopic (exact) mass is 302 g/mol. The zero-order chi connectivity index (χ0) is 15.8. The molecule has 4 heteroatoms. The van der Waals surface area contributed by atoms with Crippen molar-refractivity contribution in [2.24, 2.45) is 0 Å². The second-order valence-corrected chi connectivity index (χ2v) is 5.60. The first-order valence-corrected chi connectivity index (χ1v) is 7.44. The Morgan fingerprint density at radius 3 is 2.57 bits per heavy atom. The summed E-state index contributed by atoms with van der Waals surface area (Å²) in [5.41, 5.74) is 6.87. The number of nitrogens with one attached hydrogen (secondary N) is 1. The van der Waals surface area contributed by atoms with Crippen LogP contribution in [0.1, 0.15) is 11.1 Å². The average Bonchev–Trinajstić information content (AvgIpc) is 2.95. The summed E-state index contributed by atoms with van der Waals surface area (Å²) < 4.78 is 0. The molecule has 0 heterocycles. The molecule has 112 valence electrons. The standard InChI is InChI=1S/C19H14N2O2/c22-21(23)15-7-3-6-14(12-15)20-19-10-4-9-17-16-8-2-1-5-13(16)11-18(17)19/h1-10,12,20H,11H2. The van der Waals surface area contributed by atoms with Crippen molar-refractivity contribution >= 4 is 17.1 Å². The van der Waals surface area contributed by atoms with Gasteiger partial charge >= 0.3 is 0 Å². The third kappa shape index (κ3) is 2.34. The molecule has 1 aliphatic carbocycles. The van der Waals surface area contributed by atoms with Crippen LogP contribution in [-0.2, 0) is 6.42 Å². The maximum Gasteiger partial charge on any atom is 0.271 e. The van der Waals surface area contributed by atoms with Gasteiger partial charge in [0.25, 0.3) is 5.69 Å². The average molecular weight is 302 g/mol. The molecule has 0 saturated heterocycles. The number of benzene rings is 3.